The zero-order valence-corrected chi connectivity index (χ0v) is 11.2. The summed E-state index contributed by atoms with van der Waals surface area (Å²) >= 11 is 3.28. The van der Waals surface area contributed by atoms with Crippen molar-refractivity contribution in [1.82, 2.24) is 9.88 Å². The lowest BCUT2D eigenvalue weighted by Crippen LogP contribution is -2.40. The highest BCUT2D eigenvalue weighted by Crippen LogP contribution is 2.26. The molecule has 17 heavy (non-hydrogen) atoms. The maximum absolute atomic E-state index is 12.3. The van der Waals surface area contributed by atoms with Gasteiger partial charge in [0, 0.05) is 12.7 Å². The van der Waals surface area contributed by atoms with Gasteiger partial charge in [0.1, 0.15) is 4.60 Å². The summed E-state index contributed by atoms with van der Waals surface area (Å²) in [5, 5.41) is 9.35. The van der Waals surface area contributed by atoms with Gasteiger partial charge in [0.15, 0.2) is 0 Å². The molecule has 2 rings (SSSR count). The summed E-state index contributed by atoms with van der Waals surface area (Å²) in [5.74, 6) is 0.285. The summed E-state index contributed by atoms with van der Waals surface area (Å²) in [7, 11) is 0. The number of aliphatic hydroxyl groups excluding tert-OH is 1. The Morgan fingerprint density at radius 2 is 2.47 bits per heavy atom. The first-order valence-electron chi connectivity index (χ1n) is 5.67. The first kappa shape index (κ1) is 12.5. The Kier molecular flexibility index (Phi) is 3.79. The van der Waals surface area contributed by atoms with E-state index in [1.54, 1.807) is 23.2 Å². The van der Waals surface area contributed by atoms with E-state index in [-0.39, 0.29) is 18.6 Å². The first-order chi connectivity index (χ1) is 8.15. The number of likely N-dealkylation sites (tertiary alicyclic amines) is 1. The Hall–Kier alpha value is -0.940. The molecule has 0 bridgehead atoms. The predicted molar refractivity (Wildman–Crippen MR) is 67.6 cm³/mol. The molecule has 1 N–H and O–H groups in total. The smallest absolute Gasteiger partial charge is 0.256 e. The van der Waals surface area contributed by atoms with E-state index in [0.717, 1.165) is 6.42 Å². The largest absolute Gasteiger partial charge is 0.394 e. The van der Waals surface area contributed by atoms with E-state index < -0.39 is 0 Å². The van der Waals surface area contributed by atoms with Gasteiger partial charge in [-0.1, -0.05) is 6.92 Å². The molecule has 2 heterocycles. The number of pyridine rings is 1. The maximum Gasteiger partial charge on any atom is 0.256 e. The molecule has 1 aromatic heterocycles. The molecule has 1 aliphatic rings. The number of hydrogen-bond acceptors (Lipinski definition) is 3. The second-order valence-electron chi connectivity index (χ2n) is 4.36. The van der Waals surface area contributed by atoms with E-state index in [0.29, 0.717) is 22.6 Å². The first-order valence-corrected chi connectivity index (χ1v) is 6.46. The maximum atomic E-state index is 12.3. The molecular weight excluding hydrogens is 284 g/mol. The van der Waals surface area contributed by atoms with Crippen LogP contribution in [0.3, 0.4) is 0 Å². The lowest BCUT2D eigenvalue weighted by Gasteiger charge is -2.25. The van der Waals surface area contributed by atoms with Gasteiger partial charge in [-0.25, -0.2) is 4.98 Å². The molecule has 1 aliphatic heterocycles. The standard InChI is InChI=1S/C12H15BrN2O2/c1-8-4-6-15(10(8)7-16)12(17)9-3-2-5-14-11(9)13/h2-3,5,8,10,16H,4,6-7H2,1H3. The number of aliphatic hydroxyl groups is 1. The normalized spacial score (nSPS) is 24.1. The van der Waals surface area contributed by atoms with Crippen LogP contribution in [0, 0.1) is 5.92 Å². The fourth-order valence-electron chi connectivity index (χ4n) is 2.24. The number of halogens is 1. The Balaban J connectivity index is 2.24. The van der Waals surface area contributed by atoms with Crippen LogP contribution >= 0.6 is 15.9 Å². The van der Waals surface area contributed by atoms with Gasteiger partial charge in [-0.3, -0.25) is 4.79 Å². The average Bonchev–Trinajstić information content (AvgIpc) is 2.70. The quantitative estimate of drug-likeness (QED) is 0.846. The minimum absolute atomic E-state index is 0.0186. The lowest BCUT2D eigenvalue weighted by molar-refractivity contribution is 0.0647. The zero-order valence-electron chi connectivity index (χ0n) is 9.64. The van der Waals surface area contributed by atoms with Crippen molar-refractivity contribution in [2.75, 3.05) is 13.2 Å². The fraction of sp³-hybridized carbons (Fsp3) is 0.500. The number of carbonyl (C=O) groups excluding carboxylic acids is 1. The highest BCUT2D eigenvalue weighted by Gasteiger charge is 2.34. The summed E-state index contributed by atoms with van der Waals surface area (Å²) in [5.41, 5.74) is 0.556. The summed E-state index contributed by atoms with van der Waals surface area (Å²) in [6.45, 7) is 2.78. The van der Waals surface area contributed by atoms with Gasteiger partial charge in [0.05, 0.1) is 18.2 Å². The van der Waals surface area contributed by atoms with Crippen LogP contribution in [0.5, 0.6) is 0 Å². The van der Waals surface area contributed by atoms with E-state index >= 15 is 0 Å². The number of carbonyl (C=O) groups is 1. The Morgan fingerprint density at radius 1 is 1.71 bits per heavy atom. The molecule has 0 aliphatic carbocycles. The van der Waals surface area contributed by atoms with Crippen LogP contribution in [0.4, 0.5) is 0 Å². The summed E-state index contributed by atoms with van der Waals surface area (Å²) in [6.07, 6.45) is 2.58. The van der Waals surface area contributed by atoms with Gasteiger partial charge < -0.3 is 10.0 Å². The highest BCUT2D eigenvalue weighted by molar-refractivity contribution is 9.10. The molecular formula is C12H15BrN2O2. The van der Waals surface area contributed by atoms with Crippen molar-refractivity contribution >= 4 is 21.8 Å². The van der Waals surface area contributed by atoms with Crippen LogP contribution in [0.1, 0.15) is 23.7 Å². The monoisotopic (exact) mass is 298 g/mol. The van der Waals surface area contributed by atoms with E-state index in [4.69, 9.17) is 0 Å². The van der Waals surface area contributed by atoms with Gasteiger partial charge in [-0.15, -0.1) is 0 Å². The van der Waals surface area contributed by atoms with Crippen molar-refractivity contribution < 1.29 is 9.90 Å². The van der Waals surface area contributed by atoms with Crippen molar-refractivity contribution in [3.8, 4) is 0 Å². The fourth-order valence-corrected chi connectivity index (χ4v) is 2.66. The third-order valence-corrected chi connectivity index (χ3v) is 3.95. The molecule has 0 aromatic carbocycles. The van der Waals surface area contributed by atoms with Gasteiger partial charge in [0.2, 0.25) is 0 Å². The van der Waals surface area contributed by atoms with Crippen LogP contribution in [0.25, 0.3) is 0 Å². The van der Waals surface area contributed by atoms with Crippen LogP contribution in [-0.4, -0.2) is 40.1 Å². The second-order valence-corrected chi connectivity index (χ2v) is 5.11. The van der Waals surface area contributed by atoms with Gasteiger partial charge in [-0.05, 0) is 40.4 Å². The third kappa shape index (κ3) is 2.35. The van der Waals surface area contributed by atoms with Crippen LogP contribution < -0.4 is 0 Å². The molecule has 0 radical (unpaired) electrons. The molecule has 1 aromatic rings. The third-order valence-electron chi connectivity index (χ3n) is 3.32. The van der Waals surface area contributed by atoms with E-state index in [9.17, 15) is 9.90 Å². The molecule has 0 saturated carbocycles. The topological polar surface area (TPSA) is 53.4 Å². The molecule has 0 spiro atoms. The van der Waals surface area contributed by atoms with Crippen LogP contribution in [0.2, 0.25) is 0 Å². The van der Waals surface area contributed by atoms with Crippen molar-refractivity contribution in [2.24, 2.45) is 5.92 Å². The van der Waals surface area contributed by atoms with E-state index in [1.807, 2.05) is 0 Å². The number of hydrogen-bond donors (Lipinski definition) is 1. The molecule has 1 saturated heterocycles. The summed E-state index contributed by atoms with van der Waals surface area (Å²) < 4.78 is 0.557. The van der Waals surface area contributed by atoms with E-state index in [2.05, 4.69) is 27.8 Å². The zero-order chi connectivity index (χ0) is 12.4. The van der Waals surface area contributed by atoms with Gasteiger partial charge in [0.25, 0.3) is 5.91 Å². The summed E-state index contributed by atoms with van der Waals surface area (Å²) in [6, 6.07) is 3.41. The Bertz CT molecular complexity index is 425. The number of nitrogens with zero attached hydrogens (tertiary/aromatic N) is 2. The van der Waals surface area contributed by atoms with Gasteiger partial charge in [-0.2, -0.15) is 0 Å². The van der Waals surface area contributed by atoms with E-state index in [1.165, 1.54) is 0 Å². The Morgan fingerprint density at radius 3 is 3.12 bits per heavy atom. The minimum atomic E-state index is -0.0744. The van der Waals surface area contributed by atoms with Crippen molar-refractivity contribution in [3.05, 3.63) is 28.5 Å². The molecule has 1 amide bonds. The van der Waals surface area contributed by atoms with Crippen LogP contribution in [-0.2, 0) is 0 Å². The Labute approximate surface area is 109 Å². The second kappa shape index (κ2) is 5.14. The van der Waals surface area contributed by atoms with Gasteiger partial charge >= 0.3 is 0 Å². The average molecular weight is 299 g/mol. The van der Waals surface area contributed by atoms with Crippen molar-refractivity contribution in [2.45, 2.75) is 19.4 Å². The minimum Gasteiger partial charge on any atom is -0.394 e. The predicted octanol–water partition coefficient (Wildman–Crippen LogP) is 1.69. The lowest BCUT2D eigenvalue weighted by atomic mass is 10.0. The van der Waals surface area contributed by atoms with Crippen molar-refractivity contribution in [1.29, 1.82) is 0 Å². The molecule has 1 fully saturated rings. The number of amides is 1. The molecule has 2 unspecified atom stereocenters. The molecule has 5 heteroatoms. The summed E-state index contributed by atoms with van der Waals surface area (Å²) in [4.78, 5) is 18.1. The SMILES string of the molecule is CC1CCN(C(=O)c2cccnc2Br)C1CO. The number of aromatic nitrogens is 1. The number of rotatable bonds is 2. The highest BCUT2D eigenvalue weighted by atomic mass is 79.9. The van der Waals surface area contributed by atoms with Crippen molar-refractivity contribution in [3.63, 3.8) is 0 Å². The molecule has 2 atom stereocenters. The van der Waals surface area contributed by atoms with Crippen LogP contribution in [0.15, 0.2) is 22.9 Å². The molecule has 92 valence electrons. The molecule has 4 nitrogen and oxygen atoms in total.